The van der Waals surface area contributed by atoms with Crippen molar-refractivity contribution in [3.05, 3.63) is 62.6 Å². The van der Waals surface area contributed by atoms with Crippen LogP contribution >= 0.6 is 27.5 Å². The van der Waals surface area contributed by atoms with Gasteiger partial charge >= 0.3 is 0 Å². The lowest BCUT2D eigenvalue weighted by atomic mass is 9.95. The smallest absolute Gasteiger partial charge is 0.0464 e. The molecule has 0 radical (unpaired) electrons. The number of benzene rings is 2. The summed E-state index contributed by atoms with van der Waals surface area (Å²) in [6, 6.07) is 12.6. The van der Waals surface area contributed by atoms with Crippen LogP contribution in [0.25, 0.3) is 0 Å². The largest absolute Gasteiger partial charge is 0.398 e. The van der Waals surface area contributed by atoms with Gasteiger partial charge in [0.25, 0.3) is 0 Å². The molecule has 1 aliphatic rings. The van der Waals surface area contributed by atoms with Crippen molar-refractivity contribution in [3.8, 4) is 0 Å². The minimum absolute atomic E-state index is 0.292. The maximum absolute atomic E-state index is 6.39. The molecule has 1 unspecified atom stereocenters. The molecule has 0 saturated heterocycles. The Kier molecular flexibility index (Phi) is 4.25. The lowest BCUT2D eigenvalue weighted by molar-refractivity contribution is 0.192. The van der Waals surface area contributed by atoms with Gasteiger partial charge in [0.1, 0.15) is 0 Å². The van der Waals surface area contributed by atoms with E-state index in [1.165, 1.54) is 16.7 Å². The van der Waals surface area contributed by atoms with E-state index in [1.54, 1.807) is 0 Å². The van der Waals surface area contributed by atoms with Gasteiger partial charge in [-0.25, -0.2) is 0 Å². The summed E-state index contributed by atoms with van der Waals surface area (Å²) in [5.74, 6) is 0. The van der Waals surface area contributed by atoms with Gasteiger partial charge in [0, 0.05) is 34.3 Å². The van der Waals surface area contributed by atoms with Gasteiger partial charge < -0.3 is 5.73 Å². The lowest BCUT2D eigenvalue weighted by Gasteiger charge is -2.34. The fourth-order valence-corrected chi connectivity index (χ4v) is 3.86. The van der Waals surface area contributed by atoms with Crippen molar-refractivity contribution in [3.63, 3.8) is 0 Å². The van der Waals surface area contributed by atoms with E-state index in [0.29, 0.717) is 6.04 Å². The molecule has 110 valence electrons. The Bertz CT molecular complexity index is 672. The second kappa shape index (κ2) is 5.99. The highest BCUT2D eigenvalue weighted by Crippen LogP contribution is 2.33. The summed E-state index contributed by atoms with van der Waals surface area (Å²) in [5.41, 5.74) is 10.8. The molecule has 1 heterocycles. The lowest BCUT2D eigenvalue weighted by Crippen LogP contribution is -2.33. The Morgan fingerprint density at radius 3 is 2.86 bits per heavy atom. The van der Waals surface area contributed by atoms with Gasteiger partial charge in [0.15, 0.2) is 0 Å². The highest BCUT2D eigenvalue weighted by Gasteiger charge is 2.23. The Morgan fingerprint density at radius 1 is 1.29 bits per heavy atom. The maximum atomic E-state index is 6.39. The monoisotopic (exact) mass is 364 g/mol. The predicted octanol–water partition coefficient (Wildman–Crippen LogP) is 4.80. The van der Waals surface area contributed by atoms with Crippen molar-refractivity contribution < 1.29 is 0 Å². The molecule has 0 spiro atoms. The molecule has 0 fully saturated rings. The zero-order valence-electron chi connectivity index (χ0n) is 11.9. The van der Waals surface area contributed by atoms with Crippen molar-refractivity contribution in [1.82, 2.24) is 4.90 Å². The van der Waals surface area contributed by atoms with Crippen LogP contribution in [0.15, 0.2) is 40.9 Å². The van der Waals surface area contributed by atoms with Crippen LogP contribution in [-0.4, -0.2) is 11.4 Å². The molecule has 2 N–H and O–H groups in total. The second-order valence-electron chi connectivity index (χ2n) is 5.55. The van der Waals surface area contributed by atoms with Crippen LogP contribution in [0.4, 0.5) is 5.69 Å². The summed E-state index contributed by atoms with van der Waals surface area (Å²) in [5, 5.41) is 0.815. The summed E-state index contributed by atoms with van der Waals surface area (Å²) in [6.45, 7) is 4.15. The molecule has 21 heavy (non-hydrogen) atoms. The van der Waals surface area contributed by atoms with E-state index in [2.05, 4.69) is 39.9 Å². The molecule has 0 aromatic heterocycles. The number of fused-ring (bicyclic) bond motifs is 1. The van der Waals surface area contributed by atoms with Gasteiger partial charge in [0.05, 0.1) is 0 Å². The van der Waals surface area contributed by atoms with Crippen molar-refractivity contribution in [2.45, 2.75) is 25.9 Å². The fraction of sp³-hybridized carbons (Fsp3) is 0.294. The molecule has 0 amide bonds. The van der Waals surface area contributed by atoms with Gasteiger partial charge in [0.2, 0.25) is 0 Å². The molecule has 0 aliphatic carbocycles. The summed E-state index contributed by atoms with van der Waals surface area (Å²) in [4.78, 5) is 2.46. The standard InChI is InChI=1S/C17H18BrClN2/c1-11(14-6-5-13(18)9-16(14)19)21-8-7-15-12(10-21)3-2-4-17(15)20/h2-6,9,11H,7-8,10,20H2,1H3. The number of nitrogens with two attached hydrogens (primary N) is 1. The number of rotatable bonds is 2. The molecule has 3 rings (SSSR count). The van der Waals surface area contributed by atoms with Crippen LogP contribution in [0.1, 0.15) is 29.7 Å². The van der Waals surface area contributed by atoms with Gasteiger partial charge in [-0.2, -0.15) is 0 Å². The quantitative estimate of drug-likeness (QED) is 0.774. The average Bonchev–Trinajstić information content (AvgIpc) is 2.46. The number of halogens is 2. The highest BCUT2D eigenvalue weighted by molar-refractivity contribution is 9.10. The number of hydrogen-bond acceptors (Lipinski definition) is 2. The van der Waals surface area contributed by atoms with Crippen molar-refractivity contribution >= 4 is 33.2 Å². The third-order valence-corrected chi connectivity index (χ3v) is 5.11. The summed E-state index contributed by atoms with van der Waals surface area (Å²) in [7, 11) is 0. The first kappa shape index (κ1) is 14.9. The molecule has 0 bridgehead atoms. The Hall–Kier alpha value is -1.03. The molecule has 2 nitrogen and oxygen atoms in total. The zero-order chi connectivity index (χ0) is 15.0. The third kappa shape index (κ3) is 2.96. The molecule has 2 aromatic carbocycles. The van der Waals surface area contributed by atoms with E-state index in [4.69, 9.17) is 17.3 Å². The van der Waals surface area contributed by atoms with E-state index in [9.17, 15) is 0 Å². The van der Waals surface area contributed by atoms with Crippen LogP contribution in [0.2, 0.25) is 5.02 Å². The van der Waals surface area contributed by atoms with Crippen LogP contribution in [0.3, 0.4) is 0 Å². The topological polar surface area (TPSA) is 29.3 Å². The van der Waals surface area contributed by atoms with Crippen LogP contribution in [-0.2, 0) is 13.0 Å². The van der Waals surface area contributed by atoms with E-state index in [0.717, 1.165) is 34.7 Å². The first-order valence-corrected chi connectivity index (χ1v) is 8.28. The number of nitrogens with zero attached hydrogens (tertiary/aromatic N) is 1. The third-order valence-electron chi connectivity index (χ3n) is 4.29. The van der Waals surface area contributed by atoms with Gasteiger partial charge in [-0.15, -0.1) is 0 Å². The molecule has 1 aliphatic heterocycles. The summed E-state index contributed by atoms with van der Waals surface area (Å²) in [6.07, 6.45) is 1.00. The molecule has 0 saturated carbocycles. The van der Waals surface area contributed by atoms with Gasteiger partial charge in [-0.1, -0.05) is 45.7 Å². The van der Waals surface area contributed by atoms with Crippen molar-refractivity contribution in [2.24, 2.45) is 0 Å². The maximum Gasteiger partial charge on any atom is 0.0464 e. The number of anilines is 1. The van der Waals surface area contributed by atoms with Gasteiger partial charge in [-0.3, -0.25) is 4.90 Å². The fourth-order valence-electron chi connectivity index (χ4n) is 3.03. The number of hydrogen-bond donors (Lipinski definition) is 1. The van der Waals surface area contributed by atoms with Crippen LogP contribution in [0, 0.1) is 0 Å². The van der Waals surface area contributed by atoms with E-state index >= 15 is 0 Å². The van der Waals surface area contributed by atoms with E-state index < -0.39 is 0 Å². The average molecular weight is 366 g/mol. The highest BCUT2D eigenvalue weighted by atomic mass is 79.9. The Labute approximate surface area is 139 Å². The molecule has 4 heteroatoms. The Morgan fingerprint density at radius 2 is 2.10 bits per heavy atom. The Balaban J connectivity index is 1.85. The van der Waals surface area contributed by atoms with Crippen LogP contribution in [0.5, 0.6) is 0 Å². The molecule has 2 aromatic rings. The minimum Gasteiger partial charge on any atom is -0.398 e. The van der Waals surface area contributed by atoms with Crippen molar-refractivity contribution in [1.29, 1.82) is 0 Å². The van der Waals surface area contributed by atoms with E-state index in [-0.39, 0.29) is 0 Å². The second-order valence-corrected chi connectivity index (χ2v) is 6.87. The SMILES string of the molecule is CC(c1ccc(Br)cc1Cl)N1CCc2c(N)cccc2C1. The molecule has 1 atom stereocenters. The molecular formula is C17H18BrClN2. The molecular weight excluding hydrogens is 348 g/mol. The first-order chi connectivity index (χ1) is 10.1. The number of nitrogen functional groups attached to an aromatic ring is 1. The van der Waals surface area contributed by atoms with Gasteiger partial charge in [-0.05, 0) is 48.2 Å². The first-order valence-electron chi connectivity index (χ1n) is 7.11. The van der Waals surface area contributed by atoms with E-state index in [1.807, 2.05) is 24.3 Å². The van der Waals surface area contributed by atoms with Crippen molar-refractivity contribution in [2.75, 3.05) is 12.3 Å². The minimum atomic E-state index is 0.292. The normalized spacial score (nSPS) is 16.5. The predicted molar refractivity (Wildman–Crippen MR) is 92.5 cm³/mol. The van der Waals surface area contributed by atoms with Crippen LogP contribution < -0.4 is 5.73 Å². The summed E-state index contributed by atoms with van der Waals surface area (Å²) >= 11 is 9.85. The zero-order valence-corrected chi connectivity index (χ0v) is 14.3. The summed E-state index contributed by atoms with van der Waals surface area (Å²) < 4.78 is 1.01.